The van der Waals surface area contributed by atoms with Crippen LogP contribution in [0.25, 0.3) is 10.9 Å². The number of hydrogen-bond donors (Lipinski definition) is 0. The van der Waals surface area contributed by atoms with Crippen LogP contribution in [0, 0.1) is 5.82 Å². The highest BCUT2D eigenvalue weighted by atomic mass is 79.9. The highest BCUT2D eigenvalue weighted by molar-refractivity contribution is 9.10. The van der Waals surface area contributed by atoms with E-state index in [-0.39, 0.29) is 27.6 Å². The van der Waals surface area contributed by atoms with Gasteiger partial charge in [-0.1, -0.05) is 11.6 Å². The van der Waals surface area contributed by atoms with Gasteiger partial charge in [0, 0.05) is 17.5 Å². The van der Waals surface area contributed by atoms with Gasteiger partial charge in [-0.15, -0.1) is 0 Å². The van der Waals surface area contributed by atoms with Gasteiger partial charge in [-0.2, -0.15) is 0 Å². The molecule has 1 aliphatic rings. The predicted octanol–water partition coefficient (Wildman–Crippen LogP) is 5.86. The van der Waals surface area contributed by atoms with Gasteiger partial charge in [0.05, 0.1) is 16.0 Å². The van der Waals surface area contributed by atoms with Crippen molar-refractivity contribution in [2.75, 3.05) is 6.54 Å². The predicted molar refractivity (Wildman–Crippen MR) is 99.3 cm³/mol. The highest BCUT2D eigenvalue weighted by Gasteiger charge is 2.34. The molecule has 0 spiro atoms. The number of nitrogens with zero attached hydrogens (tertiary/aromatic N) is 2. The van der Waals surface area contributed by atoms with Gasteiger partial charge in [-0.3, -0.25) is 0 Å². The summed E-state index contributed by atoms with van der Waals surface area (Å²) >= 11 is 9.59. The van der Waals surface area contributed by atoms with E-state index in [1.807, 2.05) is 26.8 Å². The molecule has 1 aliphatic heterocycles. The second-order valence-electron chi connectivity index (χ2n) is 7.13. The van der Waals surface area contributed by atoms with Gasteiger partial charge in [0.1, 0.15) is 16.6 Å². The molecule has 1 atom stereocenters. The number of carbonyl (C=O) groups excluding carboxylic acids is 1. The standard InChI is InChI=1S/C18H19BrClFN2O2/c1-18(2,3)25-17(24)23-8-4-5-13(23)11-9-10-6-7-12(21)14(19)15(10)22-16(11)20/h6-7,9,13H,4-5,8H2,1-3H3. The molecule has 1 aromatic carbocycles. The number of amides is 1. The molecular formula is C18H19BrClFN2O2. The van der Waals surface area contributed by atoms with Crippen molar-refractivity contribution in [3.63, 3.8) is 0 Å². The molecule has 4 nitrogen and oxygen atoms in total. The Balaban J connectivity index is 1.99. The van der Waals surface area contributed by atoms with Crippen LogP contribution in [-0.4, -0.2) is 28.1 Å². The van der Waals surface area contributed by atoms with Gasteiger partial charge in [-0.05, 0) is 67.7 Å². The van der Waals surface area contributed by atoms with Gasteiger partial charge in [0.15, 0.2) is 0 Å². The zero-order valence-corrected chi connectivity index (χ0v) is 16.6. The van der Waals surface area contributed by atoms with E-state index >= 15 is 0 Å². The quantitative estimate of drug-likeness (QED) is 0.533. The molecule has 2 heterocycles. The normalized spacial score (nSPS) is 18.0. The molecule has 1 fully saturated rings. The number of halogens is 3. The summed E-state index contributed by atoms with van der Waals surface area (Å²) in [7, 11) is 0. The minimum atomic E-state index is -0.557. The lowest BCUT2D eigenvalue weighted by atomic mass is 10.0. The molecule has 1 amide bonds. The van der Waals surface area contributed by atoms with Gasteiger partial charge in [0.25, 0.3) is 0 Å². The Hall–Kier alpha value is -1.40. The minimum Gasteiger partial charge on any atom is -0.444 e. The first-order valence-electron chi connectivity index (χ1n) is 8.11. The molecule has 2 aromatic rings. The summed E-state index contributed by atoms with van der Waals surface area (Å²) in [6.45, 7) is 6.13. The first-order chi connectivity index (χ1) is 11.7. The van der Waals surface area contributed by atoms with Gasteiger partial charge in [-0.25, -0.2) is 14.2 Å². The second kappa shape index (κ2) is 6.72. The van der Waals surface area contributed by atoms with Crippen LogP contribution >= 0.6 is 27.5 Å². The Morgan fingerprint density at radius 3 is 2.84 bits per heavy atom. The molecule has 1 saturated heterocycles. The minimum absolute atomic E-state index is 0.192. The average Bonchev–Trinajstić information content (AvgIpc) is 2.99. The highest BCUT2D eigenvalue weighted by Crippen LogP contribution is 2.38. The number of fused-ring (bicyclic) bond motifs is 1. The fourth-order valence-electron chi connectivity index (χ4n) is 3.04. The Kier molecular flexibility index (Phi) is 4.95. The number of hydrogen-bond acceptors (Lipinski definition) is 3. The smallest absolute Gasteiger partial charge is 0.410 e. The molecular weight excluding hydrogens is 411 g/mol. The summed E-state index contributed by atoms with van der Waals surface area (Å²) in [5.41, 5.74) is 0.671. The summed E-state index contributed by atoms with van der Waals surface area (Å²) < 4.78 is 19.5. The summed E-state index contributed by atoms with van der Waals surface area (Å²) in [4.78, 5) is 18.5. The molecule has 25 heavy (non-hydrogen) atoms. The average molecular weight is 430 g/mol. The summed E-state index contributed by atoms with van der Waals surface area (Å²) in [5.74, 6) is -0.389. The Morgan fingerprint density at radius 1 is 1.44 bits per heavy atom. The van der Waals surface area contributed by atoms with Gasteiger partial charge < -0.3 is 9.64 Å². The lowest BCUT2D eigenvalue weighted by Crippen LogP contribution is -2.36. The van der Waals surface area contributed by atoms with Crippen LogP contribution in [-0.2, 0) is 4.74 Å². The van der Waals surface area contributed by atoms with Crippen molar-refractivity contribution in [1.29, 1.82) is 0 Å². The van der Waals surface area contributed by atoms with Crippen LogP contribution in [0.15, 0.2) is 22.7 Å². The number of pyridine rings is 1. The zero-order valence-electron chi connectivity index (χ0n) is 14.3. The van der Waals surface area contributed by atoms with E-state index in [2.05, 4.69) is 20.9 Å². The Bertz CT molecular complexity index is 838. The van der Waals surface area contributed by atoms with Crippen LogP contribution < -0.4 is 0 Å². The molecule has 0 radical (unpaired) electrons. The monoisotopic (exact) mass is 428 g/mol. The molecule has 0 aliphatic carbocycles. The molecule has 0 bridgehead atoms. The number of rotatable bonds is 1. The molecule has 0 N–H and O–H groups in total. The first-order valence-corrected chi connectivity index (χ1v) is 9.28. The maximum atomic E-state index is 13.7. The second-order valence-corrected chi connectivity index (χ2v) is 8.28. The third-order valence-electron chi connectivity index (χ3n) is 4.10. The summed E-state index contributed by atoms with van der Waals surface area (Å²) in [5, 5.41) is 1.04. The molecule has 3 rings (SSSR count). The van der Waals surface area contributed by atoms with E-state index in [9.17, 15) is 9.18 Å². The number of ether oxygens (including phenoxy) is 1. The van der Waals surface area contributed by atoms with Crippen molar-refractivity contribution < 1.29 is 13.9 Å². The first kappa shape index (κ1) is 18.4. The van der Waals surface area contributed by atoms with Crippen molar-refractivity contribution in [1.82, 2.24) is 9.88 Å². The lowest BCUT2D eigenvalue weighted by Gasteiger charge is -2.29. The Labute approximate surface area is 159 Å². The Morgan fingerprint density at radius 2 is 2.16 bits per heavy atom. The van der Waals surface area contributed by atoms with Crippen LogP contribution in [0.1, 0.15) is 45.2 Å². The van der Waals surface area contributed by atoms with E-state index in [4.69, 9.17) is 16.3 Å². The lowest BCUT2D eigenvalue weighted by molar-refractivity contribution is 0.0224. The van der Waals surface area contributed by atoms with Crippen LogP contribution in [0.2, 0.25) is 5.15 Å². The van der Waals surface area contributed by atoms with E-state index in [1.165, 1.54) is 6.07 Å². The number of carbonyl (C=O) groups is 1. The van der Waals surface area contributed by atoms with Crippen LogP contribution in [0.5, 0.6) is 0 Å². The maximum absolute atomic E-state index is 13.7. The molecule has 1 aromatic heterocycles. The fourth-order valence-corrected chi connectivity index (χ4v) is 3.75. The third kappa shape index (κ3) is 3.75. The van der Waals surface area contributed by atoms with Gasteiger partial charge >= 0.3 is 6.09 Å². The van der Waals surface area contributed by atoms with E-state index < -0.39 is 5.60 Å². The van der Waals surface area contributed by atoms with E-state index in [1.54, 1.807) is 11.0 Å². The van der Waals surface area contributed by atoms with Crippen molar-refractivity contribution in [3.8, 4) is 0 Å². The van der Waals surface area contributed by atoms with Crippen molar-refractivity contribution >= 4 is 44.5 Å². The largest absolute Gasteiger partial charge is 0.444 e. The topological polar surface area (TPSA) is 42.4 Å². The fraction of sp³-hybridized carbons (Fsp3) is 0.444. The number of benzene rings is 1. The molecule has 1 unspecified atom stereocenters. The number of likely N-dealkylation sites (tertiary alicyclic amines) is 1. The third-order valence-corrected chi connectivity index (χ3v) is 5.16. The summed E-state index contributed by atoms with van der Waals surface area (Å²) in [6, 6.07) is 4.73. The SMILES string of the molecule is CC(C)(C)OC(=O)N1CCCC1c1cc2ccc(F)c(Br)c2nc1Cl. The molecule has 0 saturated carbocycles. The van der Waals surface area contributed by atoms with E-state index in [0.717, 1.165) is 23.8 Å². The zero-order chi connectivity index (χ0) is 18.4. The van der Waals surface area contributed by atoms with Crippen molar-refractivity contribution in [2.45, 2.75) is 45.3 Å². The summed E-state index contributed by atoms with van der Waals surface area (Å²) in [6.07, 6.45) is 1.30. The molecule has 134 valence electrons. The molecule has 7 heteroatoms. The van der Waals surface area contributed by atoms with Crippen LogP contribution in [0.4, 0.5) is 9.18 Å². The van der Waals surface area contributed by atoms with Gasteiger partial charge in [0.2, 0.25) is 0 Å². The maximum Gasteiger partial charge on any atom is 0.410 e. The number of aromatic nitrogens is 1. The van der Waals surface area contributed by atoms with Crippen molar-refractivity contribution in [3.05, 3.63) is 39.2 Å². The van der Waals surface area contributed by atoms with Crippen LogP contribution in [0.3, 0.4) is 0 Å². The van der Waals surface area contributed by atoms with E-state index in [0.29, 0.717) is 12.1 Å². The van der Waals surface area contributed by atoms with Crippen molar-refractivity contribution in [2.24, 2.45) is 0 Å².